The minimum atomic E-state index is -0.372. The molecule has 0 saturated carbocycles. The number of hydrogen-bond donors (Lipinski definition) is 0. The summed E-state index contributed by atoms with van der Waals surface area (Å²) in [6.45, 7) is 5.75. The SMILES string of the molecule is Cc1ccccc1Cn1c(=O)c2c(nc3n2C[C@H](C)CN3c2ccc(Oc3ccccc3)cc2)n(C)c1=O. The predicted octanol–water partition coefficient (Wildman–Crippen LogP) is 4.83. The van der Waals surface area contributed by atoms with E-state index in [1.54, 1.807) is 7.05 Å². The summed E-state index contributed by atoms with van der Waals surface area (Å²) in [5, 5.41) is 0. The zero-order chi connectivity index (χ0) is 26.4. The van der Waals surface area contributed by atoms with Gasteiger partial charge in [0.15, 0.2) is 11.2 Å². The highest BCUT2D eigenvalue weighted by Crippen LogP contribution is 2.34. The van der Waals surface area contributed by atoms with Gasteiger partial charge in [0.1, 0.15) is 11.5 Å². The fourth-order valence-corrected chi connectivity index (χ4v) is 5.14. The summed E-state index contributed by atoms with van der Waals surface area (Å²) in [4.78, 5) is 34.0. The Balaban J connectivity index is 1.42. The second kappa shape index (κ2) is 9.37. The average molecular weight is 508 g/mol. The molecule has 0 aliphatic carbocycles. The van der Waals surface area contributed by atoms with Gasteiger partial charge >= 0.3 is 5.69 Å². The summed E-state index contributed by atoms with van der Waals surface area (Å²) in [6, 6.07) is 25.3. The smallest absolute Gasteiger partial charge is 0.332 e. The Bertz CT molecular complexity index is 1750. The lowest BCUT2D eigenvalue weighted by Crippen LogP contribution is -2.40. The van der Waals surface area contributed by atoms with Crippen LogP contribution in [0.2, 0.25) is 0 Å². The van der Waals surface area contributed by atoms with Crippen LogP contribution in [0.5, 0.6) is 11.5 Å². The van der Waals surface area contributed by atoms with E-state index in [9.17, 15) is 9.59 Å². The Labute approximate surface area is 220 Å². The standard InChI is InChI=1S/C30H29N5O3/c1-20-17-33(23-13-15-25(16-14-23)38-24-11-5-4-6-12-24)29-31-27-26(34(29)18-20)28(36)35(30(37)32(27)3)19-22-10-8-7-9-21(22)2/h4-16,20H,17-19H2,1-3H3/t20-/m1/s1. The van der Waals surface area contributed by atoms with Gasteiger partial charge in [0.05, 0.1) is 6.54 Å². The molecule has 2 aromatic heterocycles. The van der Waals surface area contributed by atoms with Crippen LogP contribution >= 0.6 is 0 Å². The molecule has 0 bridgehead atoms. The van der Waals surface area contributed by atoms with E-state index >= 15 is 0 Å². The van der Waals surface area contributed by atoms with Crippen molar-refractivity contribution in [3.63, 3.8) is 0 Å². The highest BCUT2D eigenvalue weighted by Gasteiger charge is 2.30. The maximum Gasteiger partial charge on any atom is 0.332 e. The fraction of sp³-hybridized carbons (Fsp3) is 0.233. The van der Waals surface area contributed by atoms with E-state index in [4.69, 9.17) is 9.72 Å². The Hall–Kier alpha value is -4.59. The number of aromatic nitrogens is 4. The van der Waals surface area contributed by atoms with Gasteiger partial charge in [-0.3, -0.25) is 13.9 Å². The summed E-state index contributed by atoms with van der Waals surface area (Å²) in [7, 11) is 1.68. The molecule has 1 atom stereocenters. The molecule has 5 aromatic rings. The highest BCUT2D eigenvalue weighted by molar-refractivity contribution is 5.77. The summed E-state index contributed by atoms with van der Waals surface area (Å²) in [5.74, 6) is 2.44. The third kappa shape index (κ3) is 4.08. The largest absolute Gasteiger partial charge is 0.457 e. The first kappa shape index (κ1) is 23.8. The Morgan fingerprint density at radius 1 is 0.895 bits per heavy atom. The van der Waals surface area contributed by atoms with Crippen molar-refractivity contribution in [2.75, 3.05) is 11.4 Å². The first-order chi connectivity index (χ1) is 18.4. The number of imidazole rings is 1. The van der Waals surface area contributed by atoms with Gasteiger partial charge in [-0.05, 0) is 60.4 Å². The van der Waals surface area contributed by atoms with Gasteiger partial charge < -0.3 is 14.2 Å². The van der Waals surface area contributed by atoms with Crippen molar-refractivity contribution in [1.29, 1.82) is 0 Å². The van der Waals surface area contributed by atoms with E-state index in [1.807, 2.05) is 90.4 Å². The summed E-state index contributed by atoms with van der Waals surface area (Å²) in [5.41, 5.74) is 3.09. The number of rotatable bonds is 5. The van der Waals surface area contributed by atoms with E-state index < -0.39 is 0 Å². The molecule has 0 spiro atoms. The second-order valence-electron chi connectivity index (χ2n) is 9.98. The minimum absolute atomic E-state index is 0.219. The number of nitrogens with zero attached hydrogens (tertiary/aromatic N) is 5. The summed E-state index contributed by atoms with van der Waals surface area (Å²) in [6.07, 6.45) is 0. The minimum Gasteiger partial charge on any atom is -0.457 e. The van der Waals surface area contributed by atoms with E-state index in [0.29, 0.717) is 23.7 Å². The zero-order valence-corrected chi connectivity index (χ0v) is 21.7. The molecule has 0 fully saturated rings. The molecular weight excluding hydrogens is 478 g/mol. The van der Waals surface area contributed by atoms with Crippen molar-refractivity contribution >= 4 is 22.8 Å². The lowest BCUT2D eigenvalue weighted by Gasteiger charge is -2.33. The topological polar surface area (TPSA) is 74.3 Å². The fourth-order valence-electron chi connectivity index (χ4n) is 5.14. The monoisotopic (exact) mass is 507 g/mol. The number of anilines is 2. The number of para-hydroxylation sites is 1. The van der Waals surface area contributed by atoms with E-state index in [-0.39, 0.29) is 23.7 Å². The van der Waals surface area contributed by atoms with Crippen LogP contribution in [0.25, 0.3) is 11.2 Å². The van der Waals surface area contributed by atoms with Gasteiger partial charge in [-0.2, -0.15) is 4.98 Å². The van der Waals surface area contributed by atoms with Gasteiger partial charge in [0.2, 0.25) is 5.95 Å². The first-order valence-corrected chi connectivity index (χ1v) is 12.8. The predicted molar refractivity (Wildman–Crippen MR) is 149 cm³/mol. The van der Waals surface area contributed by atoms with Gasteiger partial charge in [0, 0.05) is 25.8 Å². The molecule has 3 heterocycles. The van der Waals surface area contributed by atoms with Crippen LogP contribution in [0.1, 0.15) is 18.1 Å². The molecule has 0 saturated heterocycles. The number of ether oxygens (including phenoxy) is 1. The van der Waals surface area contributed by atoms with Gasteiger partial charge in [-0.25, -0.2) is 4.79 Å². The first-order valence-electron chi connectivity index (χ1n) is 12.8. The maximum atomic E-state index is 13.8. The third-order valence-electron chi connectivity index (χ3n) is 7.16. The molecule has 6 rings (SSSR count). The molecule has 0 radical (unpaired) electrons. The lowest BCUT2D eigenvalue weighted by atomic mass is 10.1. The molecule has 3 aromatic carbocycles. The van der Waals surface area contributed by atoms with Crippen LogP contribution in [0, 0.1) is 12.8 Å². The maximum absolute atomic E-state index is 13.8. The average Bonchev–Trinajstić information content (AvgIpc) is 3.31. The number of fused-ring (bicyclic) bond motifs is 3. The van der Waals surface area contributed by atoms with Gasteiger partial charge in [-0.15, -0.1) is 0 Å². The molecule has 38 heavy (non-hydrogen) atoms. The third-order valence-corrected chi connectivity index (χ3v) is 7.16. The van der Waals surface area contributed by atoms with Crippen LogP contribution < -0.4 is 20.9 Å². The van der Waals surface area contributed by atoms with Gasteiger partial charge in [0.25, 0.3) is 5.56 Å². The van der Waals surface area contributed by atoms with Crippen molar-refractivity contribution in [3.8, 4) is 11.5 Å². The summed E-state index contributed by atoms with van der Waals surface area (Å²) < 4.78 is 10.7. The number of benzene rings is 3. The molecule has 0 amide bonds. The van der Waals surface area contributed by atoms with Crippen LogP contribution in [0.3, 0.4) is 0 Å². The molecule has 0 N–H and O–H groups in total. The van der Waals surface area contributed by atoms with Crippen molar-refractivity contribution in [2.45, 2.75) is 26.9 Å². The molecule has 8 heteroatoms. The van der Waals surface area contributed by atoms with Gasteiger partial charge in [-0.1, -0.05) is 49.4 Å². The van der Waals surface area contributed by atoms with E-state index in [0.717, 1.165) is 34.9 Å². The normalized spacial score (nSPS) is 15.0. The zero-order valence-electron chi connectivity index (χ0n) is 21.7. The Kier molecular flexibility index (Phi) is 5.87. The molecular formula is C30H29N5O3. The van der Waals surface area contributed by atoms with Crippen LogP contribution in [-0.2, 0) is 20.1 Å². The Morgan fingerprint density at radius 2 is 1.58 bits per heavy atom. The molecule has 1 aliphatic rings. The Morgan fingerprint density at radius 3 is 2.32 bits per heavy atom. The van der Waals surface area contributed by atoms with Crippen LogP contribution in [-0.4, -0.2) is 25.2 Å². The second-order valence-corrected chi connectivity index (χ2v) is 9.98. The molecule has 1 aliphatic heterocycles. The van der Waals surface area contributed by atoms with Crippen molar-refractivity contribution < 1.29 is 4.74 Å². The van der Waals surface area contributed by atoms with Crippen molar-refractivity contribution in [2.24, 2.45) is 13.0 Å². The lowest BCUT2D eigenvalue weighted by molar-refractivity contribution is 0.457. The highest BCUT2D eigenvalue weighted by atomic mass is 16.5. The summed E-state index contributed by atoms with van der Waals surface area (Å²) >= 11 is 0. The quantitative estimate of drug-likeness (QED) is 0.341. The van der Waals surface area contributed by atoms with E-state index in [2.05, 4.69) is 11.8 Å². The molecule has 192 valence electrons. The van der Waals surface area contributed by atoms with Crippen molar-refractivity contribution in [3.05, 3.63) is 111 Å². The van der Waals surface area contributed by atoms with Crippen LogP contribution in [0.4, 0.5) is 11.6 Å². The number of hydrogen-bond acceptors (Lipinski definition) is 5. The van der Waals surface area contributed by atoms with Crippen molar-refractivity contribution in [1.82, 2.24) is 18.7 Å². The number of aryl methyl sites for hydroxylation is 2. The van der Waals surface area contributed by atoms with E-state index in [1.165, 1.54) is 9.13 Å². The molecule has 0 unspecified atom stereocenters. The van der Waals surface area contributed by atoms with Crippen LogP contribution in [0.15, 0.2) is 88.5 Å². The molecule has 8 nitrogen and oxygen atoms in total.